The van der Waals surface area contributed by atoms with Gasteiger partial charge in [0.1, 0.15) is 6.54 Å². The Bertz CT molecular complexity index is 415. The second-order valence-electron chi connectivity index (χ2n) is 3.61. The van der Waals surface area contributed by atoms with E-state index in [-0.39, 0.29) is 0 Å². The van der Waals surface area contributed by atoms with Crippen LogP contribution in [0.3, 0.4) is 0 Å². The van der Waals surface area contributed by atoms with Crippen LogP contribution in [0.15, 0.2) is 42.6 Å². The quantitative estimate of drug-likeness (QED) is 0.649. The van der Waals surface area contributed by atoms with E-state index in [1.807, 2.05) is 0 Å². The van der Waals surface area contributed by atoms with Gasteiger partial charge in [0, 0.05) is 23.9 Å². The number of para-hydroxylation sites is 1. The third-order valence-electron chi connectivity index (χ3n) is 2.54. The van der Waals surface area contributed by atoms with Crippen LogP contribution in [0.5, 0.6) is 0 Å². The summed E-state index contributed by atoms with van der Waals surface area (Å²) in [5, 5.41) is 1.33. The summed E-state index contributed by atoms with van der Waals surface area (Å²) in [6, 6.07) is 12.8. The van der Waals surface area contributed by atoms with E-state index >= 15 is 0 Å². The van der Waals surface area contributed by atoms with Crippen molar-refractivity contribution in [2.24, 2.45) is 0 Å². The highest BCUT2D eigenvalue weighted by molar-refractivity contribution is 5.74. The maximum Gasteiger partial charge on any atom is 0.212 e. The largest absolute Gasteiger partial charge is 0.212 e. The molecule has 1 heterocycles. The van der Waals surface area contributed by atoms with E-state index in [2.05, 4.69) is 54.1 Å². The van der Waals surface area contributed by atoms with Crippen LogP contribution in [0.1, 0.15) is 19.8 Å². The van der Waals surface area contributed by atoms with Crippen molar-refractivity contribution < 1.29 is 4.57 Å². The average Bonchev–Trinajstić information content (AvgIpc) is 2.26. The lowest BCUT2D eigenvalue weighted by Gasteiger charge is -1.99. The molecule has 0 aliphatic heterocycles. The maximum absolute atomic E-state index is 2.33. The lowest BCUT2D eigenvalue weighted by Crippen LogP contribution is -2.33. The molecule has 14 heavy (non-hydrogen) atoms. The Labute approximate surface area is 85.0 Å². The van der Waals surface area contributed by atoms with Crippen LogP contribution in [0.4, 0.5) is 0 Å². The van der Waals surface area contributed by atoms with Gasteiger partial charge in [-0.25, -0.2) is 0 Å². The number of benzene rings is 1. The number of hydrogen-bond acceptors (Lipinski definition) is 0. The molecule has 1 aromatic heterocycles. The van der Waals surface area contributed by atoms with E-state index < -0.39 is 0 Å². The van der Waals surface area contributed by atoms with Gasteiger partial charge in [0.25, 0.3) is 0 Å². The molecule has 0 fully saturated rings. The fraction of sp³-hybridized carbons (Fsp3) is 0.308. The molecule has 2 rings (SSSR count). The SMILES string of the molecule is CCCC[n+]1cccc2ccccc21. The molecule has 0 N–H and O–H groups in total. The minimum Gasteiger partial charge on any atom is -0.198 e. The first-order valence-electron chi connectivity index (χ1n) is 5.29. The van der Waals surface area contributed by atoms with Crippen molar-refractivity contribution in [3.63, 3.8) is 0 Å². The number of hydrogen-bond donors (Lipinski definition) is 0. The molecule has 0 saturated heterocycles. The molecule has 0 aliphatic carbocycles. The topological polar surface area (TPSA) is 3.88 Å². The van der Waals surface area contributed by atoms with Gasteiger partial charge in [-0.3, -0.25) is 0 Å². The third kappa shape index (κ3) is 1.77. The van der Waals surface area contributed by atoms with Gasteiger partial charge in [0.15, 0.2) is 6.20 Å². The van der Waals surface area contributed by atoms with Gasteiger partial charge in [0.05, 0.1) is 0 Å². The van der Waals surface area contributed by atoms with Crippen LogP contribution in [-0.4, -0.2) is 0 Å². The average molecular weight is 186 g/mol. The smallest absolute Gasteiger partial charge is 0.198 e. The van der Waals surface area contributed by atoms with Gasteiger partial charge in [-0.1, -0.05) is 25.5 Å². The Kier molecular flexibility index (Phi) is 2.78. The zero-order valence-corrected chi connectivity index (χ0v) is 8.61. The summed E-state index contributed by atoms with van der Waals surface area (Å²) in [7, 11) is 0. The molecule has 72 valence electrons. The van der Waals surface area contributed by atoms with Crippen LogP contribution >= 0.6 is 0 Å². The van der Waals surface area contributed by atoms with Crippen molar-refractivity contribution in [1.82, 2.24) is 0 Å². The highest BCUT2D eigenvalue weighted by Crippen LogP contribution is 2.07. The van der Waals surface area contributed by atoms with Crippen molar-refractivity contribution in [3.8, 4) is 0 Å². The second-order valence-corrected chi connectivity index (χ2v) is 3.61. The normalized spacial score (nSPS) is 10.6. The molecule has 0 aliphatic rings. The van der Waals surface area contributed by atoms with E-state index in [0.717, 1.165) is 6.54 Å². The molecule has 0 saturated carbocycles. The number of aromatic nitrogens is 1. The Morgan fingerprint density at radius 3 is 2.71 bits per heavy atom. The molecular formula is C13H16N+. The number of fused-ring (bicyclic) bond motifs is 1. The molecule has 0 spiro atoms. The monoisotopic (exact) mass is 186 g/mol. The summed E-state index contributed by atoms with van der Waals surface area (Å²) in [6.07, 6.45) is 4.66. The minimum atomic E-state index is 1.12. The number of rotatable bonds is 3. The van der Waals surface area contributed by atoms with E-state index in [0.29, 0.717) is 0 Å². The van der Waals surface area contributed by atoms with Crippen LogP contribution in [0.2, 0.25) is 0 Å². The number of pyridine rings is 1. The number of nitrogens with zero attached hydrogens (tertiary/aromatic N) is 1. The van der Waals surface area contributed by atoms with Crippen LogP contribution in [-0.2, 0) is 6.54 Å². The van der Waals surface area contributed by atoms with E-state index in [1.165, 1.54) is 23.7 Å². The molecule has 0 atom stereocenters. The molecule has 1 nitrogen and oxygen atoms in total. The fourth-order valence-corrected chi connectivity index (χ4v) is 1.74. The first kappa shape index (κ1) is 9.20. The first-order valence-corrected chi connectivity index (χ1v) is 5.29. The molecule has 0 amide bonds. The Hall–Kier alpha value is -1.37. The van der Waals surface area contributed by atoms with Gasteiger partial charge < -0.3 is 0 Å². The minimum absolute atomic E-state index is 1.12. The van der Waals surface area contributed by atoms with Gasteiger partial charge in [-0.2, -0.15) is 4.57 Å². The van der Waals surface area contributed by atoms with E-state index in [1.54, 1.807) is 0 Å². The highest BCUT2D eigenvalue weighted by atomic mass is 14.9. The van der Waals surface area contributed by atoms with E-state index in [4.69, 9.17) is 0 Å². The molecule has 1 heteroatoms. The van der Waals surface area contributed by atoms with Crippen molar-refractivity contribution in [3.05, 3.63) is 42.6 Å². The molecule has 1 aromatic carbocycles. The van der Waals surface area contributed by atoms with Crippen molar-refractivity contribution in [1.29, 1.82) is 0 Å². The summed E-state index contributed by atoms with van der Waals surface area (Å²) in [6.45, 7) is 3.35. The second kappa shape index (κ2) is 4.23. The molecule has 0 unspecified atom stereocenters. The molecular weight excluding hydrogens is 170 g/mol. The van der Waals surface area contributed by atoms with Crippen molar-refractivity contribution >= 4 is 10.9 Å². The summed E-state index contributed by atoms with van der Waals surface area (Å²) in [5.74, 6) is 0. The highest BCUT2D eigenvalue weighted by Gasteiger charge is 2.05. The summed E-state index contributed by atoms with van der Waals surface area (Å²) >= 11 is 0. The predicted octanol–water partition coefficient (Wildman–Crippen LogP) is 2.93. The van der Waals surface area contributed by atoms with Gasteiger partial charge >= 0.3 is 0 Å². The zero-order chi connectivity index (χ0) is 9.80. The summed E-state index contributed by atoms with van der Waals surface area (Å²) in [5.41, 5.74) is 1.34. The Morgan fingerprint density at radius 2 is 1.86 bits per heavy atom. The molecule has 0 radical (unpaired) electrons. The van der Waals surface area contributed by atoms with Gasteiger partial charge in [0.2, 0.25) is 5.52 Å². The molecule has 0 bridgehead atoms. The van der Waals surface area contributed by atoms with E-state index in [9.17, 15) is 0 Å². The zero-order valence-electron chi connectivity index (χ0n) is 8.61. The van der Waals surface area contributed by atoms with Crippen molar-refractivity contribution in [2.75, 3.05) is 0 Å². The first-order chi connectivity index (χ1) is 6.92. The van der Waals surface area contributed by atoms with Crippen molar-refractivity contribution in [2.45, 2.75) is 26.3 Å². The van der Waals surface area contributed by atoms with Crippen LogP contribution in [0, 0.1) is 0 Å². The van der Waals surface area contributed by atoms with Gasteiger partial charge in [-0.05, 0) is 12.1 Å². The number of aryl methyl sites for hydroxylation is 1. The predicted molar refractivity (Wildman–Crippen MR) is 59.1 cm³/mol. The Morgan fingerprint density at radius 1 is 1.07 bits per heavy atom. The van der Waals surface area contributed by atoms with Crippen LogP contribution in [0.25, 0.3) is 10.9 Å². The van der Waals surface area contributed by atoms with Gasteiger partial charge in [-0.15, -0.1) is 0 Å². The molecule has 2 aromatic rings. The maximum atomic E-state index is 2.33. The van der Waals surface area contributed by atoms with Crippen LogP contribution < -0.4 is 4.57 Å². The fourth-order valence-electron chi connectivity index (χ4n) is 1.74. The summed E-state index contributed by atoms with van der Waals surface area (Å²) < 4.78 is 2.33. The third-order valence-corrected chi connectivity index (χ3v) is 2.54. The Balaban J connectivity index is 2.43. The lowest BCUT2D eigenvalue weighted by molar-refractivity contribution is -0.671. The standard InChI is InChI=1S/C13H16N/c1-2-3-10-14-11-6-8-12-7-4-5-9-13(12)14/h4-9,11H,2-3,10H2,1H3/q+1. The number of unbranched alkanes of at least 4 members (excludes halogenated alkanes) is 1. The summed E-state index contributed by atoms with van der Waals surface area (Å²) in [4.78, 5) is 0. The lowest BCUT2D eigenvalue weighted by atomic mass is 10.2.